The van der Waals surface area contributed by atoms with Crippen LogP contribution >= 0.6 is 0 Å². The molecule has 5 rings (SSSR count). The Morgan fingerprint density at radius 2 is 2.04 bits per heavy atom. The largest absolute Gasteiger partial charge is 0.573 e. The Kier molecular flexibility index (Phi) is 3.82. The summed E-state index contributed by atoms with van der Waals surface area (Å²) >= 11 is 0. The first-order valence-electron chi connectivity index (χ1n) is 8.06. The van der Waals surface area contributed by atoms with Gasteiger partial charge in [-0.2, -0.15) is 5.10 Å². The second-order valence-corrected chi connectivity index (χ2v) is 6.41. The van der Waals surface area contributed by atoms with Crippen molar-refractivity contribution in [3.63, 3.8) is 0 Å². The van der Waals surface area contributed by atoms with Crippen molar-refractivity contribution in [3.05, 3.63) is 23.9 Å². The van der Waals surface area contributed by atoms with Crippen LogP contribution in [0.25, 0.3) is 10.9 Å². The number of H-pyrrole nitrogens is 1. The van der Waals surface area contributed by atoms with Gasteiger partial charge in [0.05, 0.1) is 5.52 Å². The third-order valence-electron chi connectivity index (χ3n) is 4.82. The minimum absolute atomic E-state index is 0.0286. The van der Waals surface area contributed by atoms with Gasteiger partial charge in [0.2, 0.25) is 0 Å². The van der Waals surface area contributed by atoms with E-state index in [9.17, 15) is 18.0 Å². The van der Waals surface area contributed by atoms with Gasteiger partial charge in [-0.3, -0.25) is 10.00 Å². The van der Waals surface area contributed by atoms with Gasteiger partial charge in [-0.25, -0.2) is 4.79 Å². The SMILES string of the molecule is O=C(OC1CN2CCC1CC2)c1n[nH]c2ccc(OC(F)(F)F)cc12. The predicted octanol–water partition coefficient (Wildman–Crippen LogP) is 2.71. The van der Waals surface area contributed by atoms with Crippen LogP contribution in [0.15, 0.2) is 18.2 Å². The summed E-state index contributed by atoms with van der Waals surface area (Å²) in [6, 6.07) is 3.68. The van der Waals surface area contributed by atoms with Gasteiger partial charge in [0.25, 0.3) is 0 Å². The number of hydrogen-bond donors (Lipinski definition) is 1. The van der Waals surface area contributed by atoms with Gasteiger partial charge in [-0.15, -0.1) is 13.2 Å². The Balaban J connectivity index is 1.55. The van der Waals surface area contributed by atoms with E-state index >= 15 is 0 Å². The van der Waals surface area contributed by atoms with E-state index in [2.05, 4.69) is 19.8 Å². The molecule has 1 aromatic heterocycles. The molecule has 0 amide bonds. The van der Waals surface area contributed by atoms with E-state index in [0.29, 0.717) is 18.0 Å². The fourth-order valence-electron chi connectivity index (χ4n) is 3.58. The Bertz CT molecular complexity index is 797. The quantitative estimate of drug-likeness (QED) is 0.858. The molecular weight excluding hydrogens is 339 g/mol. The molecule has 0 spiro atoms. The molecular formula is C16H16F3N3O3. The normalized spacial score (nSPS) is 26.0. The van der Waals surface area contributed by atoms with Crippen LogP contribution in [-0.4, -0.2) is 53.2 Å². The van der Waals surface area contributed by atoms with Crippen molar-refractivity contribution in [3.8, 4) is 5.75 Å². The summed E-state index contributed by atoms with van der Waals surface area (Å²) in [5, 5.41) is 6.79. The highest BCUT2D eigenvalue weighted by Crippen LogP contribution is 2.31. The molecule has 2 bridgehead atoms. The molecule has 134 valence electrons. The van der Waals surface area contributed by atoms with E-state index in [0.717, 1.165) is 38.1 Å². The number of nitrogens with one attached hydrogen (secondary N) is 1. The summed E-state index contributed by atoms with van der Waals surface area (Å²) in [6.07, 6.45) is -3.02. The second-order valence-electron chi connectivity index (χ2n) is 6.41. The number of carbonyl (C=O) groups excluding carboxylic acids is 1. The maximum absolute atomic E-state index is 12.5. The van der Waals surface area contributed by atoms with Crippen LogP contribution in [0, 0.1) is 5.92 Å². The first kappa shape index (κ1) is 16.2. The highest BCUT2D eigenvalue weighted by atomic mass is 19.4. The van der Waals surface area contributed by atoms with Gasteiger partial charge >= 0.3 is 12.3 Å². The zero-order chi connectivity index (χ0) is 17.6. The Morgan fingerprint density at radius 3 is 2.68 bits per heavy atom. The van der Waals surface area contributed by atoms with Crippen LogP contribution in [0.4, 0.5) is 13.2 Å². The van der Waals surface area contributed by atoms with Crippen molar-refractivity contribution in [1.82, 2.24) is 15.1 Å². The molecule has 1 unspecified atom stereocenters. The van der Waals surface area contributed by atoms with Crippen molar-refractivity contribution < 1.29 is 27.4 Å². The number of piperidine rings is 3. The summed E-state index contributed by atoms with van der Waals surface area (Å²) in [6.45, 7) is 2.73. The standard InChI is InChI=1S/C16H16F3N3O3/c17-16(18,19)25-10-1-2-12-11(7-10)14(21-20-12)15(23)24-13-8-22-5-3-9(13)4-6-22/h1-2,7,9,13H,3-6,8H2,(H,20,21). The molecule has 3 fully saturated rings. The number of fused-ring (bicyclic) bond motifs is 4. The highest BCUT2D eigenvalue weighted by Gasteiger charge is 2.37. The van der Waals surface area contributed by atoms with Crippen LogP contribution < -0.4 is 4.74 Å². The summed E-state index contributed by atoms with van der Waals surface area (Å²) < 4.78 is 46.6. The van der Waals surface area contributed by atoms with Crippen molar-refractivity contribution >= 4 is 16.9 Å². The molecule has 1 aromatic carbocycles. The molecule has 25 heavy (non-hydrogen) atoms. The average Bonchev–Trinajstić information content (AvgIpc) is 2.97. The number of rotatable bonds is 3. The maximum atomic E-state index is 12.5. The number of halogens is 3. The molecule has 9 heteroatoms. The van der Waals surface area contributed by atoms with Gasteiger partial charge in [0.15, 0.2) is 5.69 Å². The molecule has 4 heterocycles. The lowest BCUT2D eigenvalue weighted by molar-refractivity contribution is -0.274. The lowest BCUT2D eigenvalue weighted by Gasteiger charge is -2.43. The van der Waals surface area contributed by atoms with Gasteiger partial charge in [-0.05, 0) is 50.0 Å². The summed E-state index contributed by atoms with van der Waals surface area (Å²) in [5.41, 5.74) is 0.412. The lowest BCUT2D eigenvalue weighted by Crippen LogP contribution is -2.51. The highest BCUT2D eigenvalue weighted by molar-refractivity contribution is 6.02. The Labute approximate surface area is 140 Å². The van der Waals surface area contributed by atoms with Crippen LogP contribution in [0.2, 0.25) is 0 Å². The number of carbonyl (C=O) groups is 1. The van der Waals surface area contributed by atoms with E-state index in [4.69, 9.17) is 4.74 Å². The molecule has 2 aromatic rings. The molecule has 3 aliphatic rings. The van der Waals surface area contributed by atoms with E-state index in [1.807, 2.05) is 0 Å². The van der Waals surface area contributed by atoms with Crippen LogP contribution in [0.3, 0.4) is 0 Å². The predicted molar refractivity (Wildman–Crippen MR) is 81.1 cm³/mol. The van der Waals surface area contributed by atoms with Crippen molar-refractivity contribution in [2.45, 2.75) is 25.3 Å². The third kappa shape index (κ3) is 3.28. The molecule has 3 saturated heterocycles. The zero-order valence-electron chi connectivity index (χ0n) is 13.2. The van der Waals surface area contributed by atoms with Crippen LogP contribution in [0.1, 0.15) is 23.3 Å². The minimum atomic E-state index is -4.80. The van der Waals surface area contributed by atoms with Gasteiger partial charge in [-0.1, -0.05) is 0 Å². The van der Waals surface area contributed by atoms with Crippen LogP contribution in [-0.2, 0) is 4.74 Å². The number of ether oxygens (including phenoxy) is 2. The minimum Gasteiger partial charge on any atom is -0.456 e. The van der Waals surface area contributed by atoms with Crippen molar-refractivity contribution in [1.29, 1.82) is 0 Å². The summed E-state index contributed by atoms with van der Waals surface area (Å²) in [7, 11) is 0. The number of esters is 1. The van der Waals surface area contributed by atoms with E-state index in [1.165, 1.54) is 6.07 Å². The van der Waals surface area contributed by atoms with E-state index in [1.54, 1.807) is 0 Å². The van der Waals surface area contributed by atoms with Gasteiger partial charge < -0.3 is 9.47 Å². The Morgan fingerprint density at radius 1 is 1.28 bits per heavy atom. The fourth-order valence-corrected chi connectivity index (χ4v) is 3.58. The number of nitrogens with zero attached hydrogens (tertiary/aromatic N) is 2. The second kappa shape index (κ2) is 5.91. The van der Waals surface area contributed by atoms with E-state index in [-0.39, 0.29) is 17.2 Å². The van der Waals surface area contributed by atoms with Crippen molar-refractivity contribution in [2.75, 3.05) is 19.6 Å². The number of alkyl halides is 3. The lowest BCUT2D eigenvalue weighted by atomic mass is 9.86. The molecule has 0 saturated carbocycles. The third-order valence-corrected chi connectivity index (χ3v) is 4.82. The Hall–Kier alpha value is -2.29. The summed E-state index contributed by atoms with van der Waals surface area (Å²) in [5.74, 6) is -0.698. The molecule has 1 atom stereocenters. The number of aromatic amines is 1. The smallest absolute Gasteiger partial charge is 0.456 e. The van der Waals surface area contributed by atoms with E-state index < -0.39 is 18.1 Å². The van der Waals surface area contributed by atoms with Gasteiger partial charge in [0, 0.05) is 11.9 Å². The fraction of sp³-hybridized carbons (Fsp3) is 0.500. The number of benzene rings is 1. The first-order chi connectivity index (χ1) is 11.9. The maximum Gasteiger partial charge on any atom is 0.573 e. The van der Waals surface area contributed by atoms with Crippen molar-refractivity contribution in [2.24, 2.45) is 5.92 Å². The number of hydrogen-bond acceptors (Lipinski definition) is 5. The molecule has 0 radical (unpaired) electrons. The zero-order valence-corrected chi connectivity index (χ0v) is 13.2. The molecule has 6 nitrogen and oxygen atoms in total. The molecule has 1 N–H and O–H groups in total. The van der Waals surface area contributed by atoms with Gasteiger partial charge in [0.1, 0.15) is 11.9 Å². The topological polar surface area (TPSA) is 67.5 Å². The summed E-state index contributed by atoms with van der Waals surface area (Å²) in [4.78, 5) is 14.7. The number of aromatic nitrogens is 2. The molecule has 3 aliphatic heterocycles. The molecule has 0 aliphatic carbocycles. The monoisotopic (exact) mass is 355 g/mol. The average molecular weight is 355 g/mol. The first-order valence-corrected chi connectivity index (χ1v) is 8.06. The van der Waals surface area contributed by atoms with Crippen LogP contribution in [0.5, 0.6) is 5.75 Å².